The zero-order chi connectivity index (χ0) is 19.2. The Balaban J connectivity index is 1.51. The van der Waals surface area contributed by atoms with E-state index in [0.717, 1.165) is 22.6 Å². The van der Waals surface area contributed by atoms with E-state index in [1.165, 1.54) is 0 Å². The Morgan fingerprint density at radius 1 is 1.11 bits per heavy atom. The van der Waals surface area contributed by atoms with Crippen molar-refractivity contribution in [2.24, 2.45) is 0 Å². The van der Waals surface area contributed by atoms with Crippen LogP contribution in [0.4, 0.5) is 5.69 Å². The molecule has 0 saturated heterocycles. The summed E-state index contributed by atoms with van der Waals surface area (Å²) < 4.78 is 11.0. The molecule has 27 heavy (non-hydrogen) atoms. The lowest BCUT2D eigenvalue weighted by molar-refractivity contribution is -0.123. The van der Waals surface area contributed by atoms with Gasteiger partial charge in [-0.05, 0) is 61.7 Å². The van der Waals surface area contributed by atoms with Crippen LogP contribution in [0, 0.1) is 0 Å². The minimum absolute atomic E-state index is 0.0267. The maximum absolute atomic E-state index is 12.2. The lowest BCUT2D eigenvalue weighted by Crippen LogP contribution is -2.31. The number of fused-ring (bicyclic) bond motifs is 1. The van der Waals surface area contributed by atoms with Crippen LogP contribution < -0.4 is 20.1 Å². The van der Waals surface area contributed by atoms with E-state index in [0.29, 0.717) is 25.2 Å². The Kier molecular flexibility index (Phi) is 5.96. The first-order valence-electron chi connectivity index (χ1n) is 9.13. The second-order valence-corrected chi connectivity index (χ2v) is 6.45. The van der Waals surface area contributed by atoms with Crippen molar-refractivity contribution in [3.8, 4) is 11.5 Å². The van der Waals surface area contributed by atoms with E-state index in [9.17, 15) is 9.59 Å². The molecule has 0 unspecified atom stereocenters. The molecule has 0 fully saturated rings. The summed E-state index contributed by atoms with van der Waals surface area (Å²) >= 11 is 0. The molecule has 1 heterocycles. The van der Waals surface area contributed by atoms with Gasteiger partial charge in [-0.3, -0.25) is 9.59 Å². The van der Waals surface area contributed by atoms with Crippen molar-refractivity contribution >= 4 is 17.5 Å². The molecule has 0 spiro atoms. The fourth-order valence-corrected chi connectivity index (χ4v) is 2.98. The van der Waals surface area contributed by atoms with Crippen molar-refractivity contribution in [2.45, 2.75) is 32.7 Å². The molecule has 0 bridgehead atoms. The lowest BCUT2D eigenvalue weighted by atomic mass is 10.0. The maximum atomic E-state index is 12.2. The molecular formula is C21H24N2O4. The third kappa shape index (κ3) is 5.00. The van der Waals surface area contributed by atoms with Crippen molar-refractivity contribution < 1.29 is 19.1 Å². The predicted octanol–water partition coefficient (Wildman–Crippen LogP) is 3.23. The SMILES string of the molecule is CCOc1ccc([C@@H](C)NC(=O)COc2ccc3c(c2)CCC(=O)N3)cc1. The van der Waals surface area contributed by atoms with E-state index < -0.39 is 0 Å². The molecule has 6 nitrogen and oxygen atoms in total. The Morgan fingerprint density at radius 3 is 2.59 bits per heavy atom. The van der Waals surface area contributed by atoms with Gasteiger partial charge in [-0.1, -0.05) is 12.1 Å². The number of carbonyl (C=O) groups excluding carboxylic acids is 2. The van der Waals surface area contributed by atoms with Crippen LogP contribution in [-0.4, -0.2) is 25.0 Å². The van der Waals surface area contributed by atoms with E-state index in [2.05, 4.69) is 10.6 Å². The number of ether oxygens (including phenoxy) is 2. The molecule has 0 radical (unpaired) electrons. The monoisotopic (exact) mass is 368 g/mol. The van der Waals surface area contributed by atoms with Gasteiger partial charge in [0.2, 0.25) is 5.91 Å². The average molecular weight is 368 g/mol. The molecule has 142 valence electrons. The summed E-state index contributed by atoms with van der Waals surface area (Å²) in [5.74, 6) is 1.27. The van der Waals surface area contributed by atoms with Crippen LogP contribution in [0.1, 0.15) is 37.4 Å². The standard InChI is InChI=1S/C21H24N2O4/c1-3-26-17-7-4-15(5-8-17)14(2)22-21(25)13-27-18-9-10-19-16(12-18)6-11-20(24)23-19/h4-5,7-10,12,14H,3,6,11,13H2,1-2H3,(H,22,25)(H,23,24)/t14-/m1/s1. The number of anilines is 1. The minimum Gasteiger partial charge on any atom is -0.494 e. The summed E-state index contributed by atoms with van der Waals surface area (Å²) in [5.41, 5.74) is 2.83. The summed E-state index contributed by atoms with van der Waals surface area (Å²) in [4.78, 5) is 23.6. The van der Waals surface area contributed by atoms with Gasteiger partial charge in [0.25, 0.3) is 5.91 Å². The Bertz CT molecular complexity index is 817. The van der Waals surface area contributed by atoms with Crippen molar-refractivity contribution in [3.05, 3.63) is 53.6 Å². The van der Waals surface area contributed by atoms with Gasteiger partial charge in [0.1, 0.15) is 11.5 Å². The average Bonchev–Trinajstić information content (AvgIpc) is 2.67. The summed E-state index contributed by atoms with van der Waals surface area (Å²) in [6.07, 6.45) is 1.15. The largest absolute Gasteiger partial charge is 0.494 e. The van der Waals surface area contributed by atoms with Crippen LogP contribution in [0.15, 0.2) is 42.5 Å². The molecule has 2 aromatic rings. The van der Waals surface area contributed by atoms with Gasteiger partial charge in [0.15, 0.2) is 6.61 Å². The molecule has 1 aliphatic rings. The minimum atomic E-state index is -0.192. The molecule has 6 heteroatoms. The van der Waals surface area contributed by atoms with E-state index in [1.807, 2.05) is 50.2 Å². The Morgan fingerprint density at radius 2 is 1.85 bits per heavy atom. The van der Waals surface area contributed by atoms with Gasteiger partial charge in [-0.2, -0.15) is 0 Å². The van der Waals surface area contributed by atoms with Crippen LogP contribution in [-0.2, 0) is 16.0 Å². The molecule has 2 amide bonds. The van der Waals surface area contributed by atoms with Gasteiger partial charge in [-0.15, -0.1) is 0 Å². The number of aryl methyl sites for hydroxylation is 1. The first-order chi connectivity index (χ1) is 13.0. The zero-order valence-corrected chi connectivity index (χ0v) is 15.6. The molecule has 0 aromatic heterocycles. The third-order valence-corrected chi connectivity index (χ3v) is 4.41. The fraction of sp³-hybridized carbons (Fsp3) is 0.333. The molecule has 1 atom stereocenters. The van der Waals surface area contributed by atoms with E-state index in [1.54, 1.807) is 6.07 Å². The van der Waals surface area contributed by atoms with Crippen LogP contribution >= 0.6 is 0 Å². The van der Waals surface area contributed by atoms with Gasteiger partial charge in [0.05, 0.1) is 12.6 Å². The number of hydrogen-bond donors (Lipinski definition) is 2. The summed E-state index contributed by atoms with van der Waals surface area (Å²) in [6, 6.07) is 13.0. The highest BCUT2D eigenvalue weighted by Crippen LogP contribution is 2.26. The van der Waals surface area contributed by atoms with E-state index in [4.69, 9.17) is 9.47 Å². The van der Waals surface area contributed by atoms with Crippen molar-refractivity contribution in [1.29, 1.82) is 0 Å². The summed E-state index contributed by atoms with van der Waals surface area (Å²) in [6.45, 7) is 4.43. The van der Waals surface area contributed by atoms with E-state index in [-0.39, 0.29) is 24.5 Å². The van der Waals surface area contributed by atoms with Gasteiger partial charge < -0.3 is 20.1 Å². The molecule has 3 rings (SSSR count). The second-order valence-electron chi connectivity index (χ2n) is 6.45. The van der Waals surface area contributed by atoms with E-state index >= 15 is 0 Å². The zero-order valence-electron chi connectivity index (χ0n) is 15.6. The summed E-state index contributed by atoms with van der Waals surface area (Å²) in [5, 5.41) is 5.75. The smallest absolute Gasteiger partial charge is 0.258 e. The normalized spacial score (nSPS) is 13.9. The molecule has 2 N–H and O–H groups in total. The topological polar surface area (TPSA) is 76.7 Å². The molecule has 1 aliphatic heterocycles. The quantitative estimate of drug-likeness (QED) is 0.787. The number of benzene rings is 2. The predicted molar refractivity (Wildman–Crippen MR) is 103 cm³/mol. The number of carbonyl (C=O) groups is 2. The lowest BCUT2D eigenvalue weighted by Gasteiger charge is -2.18. The van der Waals surface area contributed by atoms with Crippen molar-refractivity contribution in [3.63, 3.8) is 0 Å². The number of rotatable bonds is 7. The van der Waals surface area contributed by atoms with Crippen molar-refractivity contribution in [1.82, 2.24) is 5.32 Å². The first-order valence-corrected chi connectivity index (χ1v) is 9.13. The highest BCUT2D eigenvalue weighted by molar-refractivity contribution is 5.94. The summed E-state index contributed by atoms with van der Waals surface area (Å²) in [7, 11) is 0. The van der Waals surface area contributed by atoms with Gasteiger partial charge >= 0.3 is 0 Å². The van der Waals surface area contributed by atoms with Crippen LogP contribution in [0.3, 0.4) is 0 Å². The van der Waals surface area contributed by atoms with Crippen LogP contribution in [0.5, 0.6) is 11.5 Å². The Labute approximate surface area is 158 Å². The highest BCUT2D eigenvalue weighted by Gasteiger charge is 2.16. The van der Waals surface area contributed by atoms with Crippen molar-refractivity contribution in [2.75, 3.05) is 18.5 Å². The number of nitrogens with one attached hydrogen (secondary N) is 2. The number of amides is 2. The molecule has 0 aliphatic carbocycles. The molecule has 0 saturated carbocycles. The third-order valence-electron chi connectivity index (χ3n) is 4.41. The second kappa shape index (κ2) is 8.58. The van der Waals surface area contributed by atoms with Crippen LogP contribution in [0.25, 0.3) is 0 Å². The molecular weight excluding hydrogens is 344 g/mol. The first kappa shape index (κ1) is 18.8. The maximum Gasteiger partial charge on any atom is 0.258 e. The van der Waals surface area contributed by atoms with Gasteiger partial charge in [0, 0.05) is 12.1 Å². The van der Waals surface area contributed by atoms with Crippen LogP contribution in [0.2, 0.25) is 0 Å². The molecule has 2 aromatic carbocycles. The highest BCUT2D eigenvalue weighted by atomic mass is 16.5. The Hall–Kier alpha value is -3.02. The fourth-order valence-electron chi connectivity index (χ4n) is 2.98. The van der Waals surface area contributed by atoms with Gasteiger partial charge in [-0.25, -0.2) is 0 Å². The number of hydrogen-bond acceptors (Lipinski definition) is 4.